The van der Waals surface area contributed by atoms with Crippen LogP contribution in [0.15, 0.2) is 12.4 Å². The fourth-order valence-corrected chi connectivity index (χ4v) is 1.78. The van der Waals surface area contributed by atoms with Crippen molar-refractivity contribution in [2.75, 3.05) is 19.6 Å². The van der Waals surface area contributed by atoms with Gasteiger partial charge in [-0.1, -0.05) is 0 Å². The largest absolute Gasteiger partial charge is 0.334 e. The lowest BCUT2D eigenvalue weighted by Gasteiger charge is -2.31. The summed E-state index contributed by atoms with van der Waals surface area (Å²) < 4.78 is 0. The summed E-state index contributed by atoms with van der Waals surface area (Å²) in [6.07, 6.45) is 3.17. The molecule has 0 spiro atoms. The van der Waals surface area contributed by atoms with E-state index in [1.807, 2.05) is 11.8 Å². The minimum atomic E-state index is -0.0270. The van der Waals surface area contributed by atoms with Gasteiger partial charge in [-0.25, -0.2) is 4.98 Å². The average molecular weight is 293 g/mol. The van der Waals surface area contributed by atoms with Crippen LogP contribution >= 0.6 is 24.8 Å². The van der Waals surface area contributed by atoms with E-state index in [1.165, 1.54) is 0 Å². The van der Waals surface area contributed by atoms with Gasteiger partial charge in [0.2, 0.25) is 0 Å². The Hall–Kier alpha value is -0.910. The zero-order valence-electron chi connectivity index (χ0n) is 10.4. The lowest BCUT2D eigenvalue weighted by Crippen LogP contribution is -2.51. The Morgan fingerprint density at radius 1 is 1.39 bits per heavy atom. The van der Waals surface area contributed by atoms with Crippen molar-refractivity contribution in [1.82, 2.24) is 20.2 Å². The Bertz CT molecular complexity index is 385. The minimum absolute atomic E-state index is 0. The van der Waals surface area contributed by atoms with Crippen LogP contribution in [0.3, 0.4) is 0 Å². The van der Waals surface area contributed by atoms with Gasteiger partial charge in [0.05, 0.1) is 11.9 Å². The lowest BCUT2D eigenvalue weighted by atomic mass is 10.2. The van der Waals surface area contributed by atoms with Crippen molar-refractivity contribution < 1.29 is 4.79 Å². The molecule has 1 amide bonds. The number of rotatable bonds is 1. The van der Waals surface area contributed by atoms with Gasteiger partial charge >= 0.3 is 0 Å². The summed E-state index contributed by atoms with van der Waals surface area (Å²) in [4.78, 5) is 22.1. The molecule has 1 aliphatic heterocycles. The highest BCUT2D eigenvalue weighted by molar-refractivity contribution is 5.92. The Kier molecular flexibility index (Phi) is 7.13. The number of aromatic nitrogens is 2. The maximum Gasteiger partial charge on any atom is 0.274 e. The molecule has 1 aromatic heterocycles. The first-order chi connectivity index (χ1) is 7.66. The molecular formula is C11H18Cl2N4O. The molecule has 102 valence electrons. The number of piperazine rings is 1. The average Bonchev–Trinajstić information content (AvgIpc) is 2.29. The van der Waals surface area contributed by atoms with E-state index in [0.29, 0.717) is 11.7 Å². The number of hydrogen-bond donors (Lipinski definition) is 1. The Morgan fingerprint density at radius 3 is 2.67 bits per heavy atom. The molecule has 1 unspecified atom stereocenters. The van der Waals surface area contributed by atoms with Gasteiger partial charge in [-0.3, -0.25) is 9.78 Å². The van der Waals surface area contributed by atoms with E-state index < -0.39 is 0 Å². The Labute approximate surface area is 119 Å². The van der Waals surface area contributed by atoms with Gasteiger partial charge in [-0.2, -0.15) is 0 Å². The predicted molar refractivity (Wildman–Crippen MR) is 74.6 cm³/mol. The first kappa shape index (κ1) is 17.1. The van der Waals surface area contributed by atoms with Crippen molar-refractivity contribution in [1.29, 1.82) is 0 Å². The second-order valence-corrected chi connectivity index (χ2v) is 4.15. The van der Waals surface area contributed by atoms with Crippen molar-refractivity contribution in [3.63, 3.8) is 0 Å². The Morgan fingerprint density at radius 2 is 2.11 bits per heavy atom. The van der Waals surface area contributed by atoms with Crippen LogP contribution in [0.4, 0.5) is 0 Å². The summed E-state index contributed by atoms with van der Waals surface area (Å²) in [5, 5.41) is 3.30. The summed E-state index contributed by atoms with van der Waals surface area (Å²) in [6, 6.07) is 0.344. The zero-order chi connectivity index (χ0) is 11.5. The molecule has 5 nitrogen and oxygen atoms in total. The first-order valence-electron chi connectivity index (χ1n) is 5.48. The van der Waals surface area contributed by atoms with E-state index in [2.05, 4.69) is 22.2 Å². The van der Waals surface area contributed by atoms with Crippen LogP contribution in [0.2, 0.25) is 0 Å². The van der Waals surface area contributed by atoms with Crippen LogP contribution in [0.25, 0.3) is 0 Å². The van der Waals surface area contributed by atoms with Gasteiger partial charge in [0.25, 0.3) is 5.91 Å². The van der Waals surface area contributed by atoms with Crippen molar-refractivity contribution in [2.24, 2.45) is 0 Å². The zero-order valence-corrected chi connectivity index (χ0v) is 12.1. The maximum absolute atomic E-state index is 12.1. The third-order valence-electron chi connectivity index (χ3n) is 2.66. The number of hydrogen-bond acceptors (Lipinski definition) is 4. The number of halogens is 2. The molecule has 1 fully saturated rings. The number of nitrogens with zero attached hydrogens (tertiary/aromatic N) is 3. The minimum Gasteiger partial charge on any atom is -0.334 e. The van der Waals surface area contributed by atoms with Gasteiger partial charge in [0, 0.05) is 31.9 Å². The standard InChI is InChI=1S/C11H16N4O.2ClH/c1-8-5-14-10(6-13-8)11(16)15-4-3-12-9(2)7-15;;/h5-6,9,12H,3-4,7H2,1-2H3;2*1H. The lowest BCUT2D eigenvalue weighted by molar-refractivity contribution is 0.0702. The molecule has 0 aromatic carbocycles. The molecule has 1 saturated heterocycles. The van der Waals surface area contributed by atoms with Gasteiger partial charge < -0.3 is 10.2 Å². The van der Waals surface area contributed by atoms with E-state index in [1.54, 1.807) is 12.4 Å². The predicted octanol–water partition coefficient (Wildman–Crippen LogP) is 1.06. The van der Waals surface area contributed by atoms with E-state index in [4.69, 9.17) is 0 Å². The Balaban J connectivity index is 0.00000144. The molecule has 0 bridgehead atoms. The molecule has 1 aliphatic rings. The number of amides is 1. The monoisotopic (exact) mass is 292 g/mol. The molecule has 2 heterocycles. The fourth-order valence-electron chi connectivity index (χ4n) is 1.78. The van der Waals surface area contributed by atoms with Crippen LogP contribution in [0.1, 0.15) is 23.1 Å². The van der Waals surface area contributed by atoms with Gasteiger partial charge in [-0.15, -0.1) is 24.8 Å². The topological polar surface area (TPSA) is 58.1 Å². The summed E-state index contributed by atoms with van der Waals surface area (Å²) in [5.74, 6) is -0.0270. The molecular weight excluding hydrogens is 275 g/mol. The summed E-state index contributed by atoms with van der Waals surface area (Å²) in [7, 11) is 0. The molecule has 0 saturated carbocycles. The van der Waals surface area contributed by atoms with Crippen LogP contribution in [-0.4, -0.2) is 46.5 Å². The molecule has 0 radical (unpaired) electrons. The number of carbonyl (C=O) groups is 1. The number of nitrogens with one attached hydrogen (secondary N) is 1. The highest BCUT2D eigenvalue weighted by atomic mass is 35.5. The van der Waals surface area contributed by atoms with E-state index in [9.17, 15) is 4.79 Å². The maximum atomic E-state index is 12.1. The van der Waals surface area contributed by atoms with Crippen molar-refractivity contribution in [3.05, 3.63) is 23.8 Å². The van der Waals surface area contributed by atoms with Crippen molar-refractivity contribution in [2.45, 2.75) is 19.9 Å². The molecule has 1 N–H and O–H groups in total. The number of carbonyl (C=O) groups excluding carboxylic acids is 1. The second kappa shape index (κ2) is 7.51. The van der Waals surface area contributed by atoms with E-state index in [-0.39, 0.29) is 30.7 Å². The molecule has 1 atom stereocenters. The summed E-state index contributed by atoms with van der Waals surface area (Å²) in [5.41, 5.74) is 1.25. The first-order valence-corrected chi connectivity index (χ1v) is 5.48. The third-order valence-corrected chi connectivity index (χ3v) is 2.66. The van der Waals surface area contributed by atoms with Gasteiger partial charge in [0.15, 0.2) is 0 Å². The highest BCUT2D eigenvalue weighted by Crippen LogP contribution is 2.05. The molecule has 0 aliphatic carbocycles. The second-order valence-electron chi connectivity index (χ2n) is 4.15. The normalized spacial score (nSPS) is 18.6. The van der Waals surface area contributed by atoms with Crippen LogP contribution in [0, 0.1) is 6.92 Å². The molecule has 1 aromatic rings. The smallest absolute Gasteiger partial charge is 0.274 e. The van der Waals surface area contributed by atoms with Crippen molar-refractivity contribution in [3.8, 4) is 0 Å². The molecule has 7 heteroatoms. The van der Waals surface area contributed by atoms with Crippen LogP contribution < -0.4 is 5.32 Å². The fraction of sp³-hybridized carbons (Fsp3) is 0.545. The highest BCUT2D eigenvalue weighted by Gasteiger charge is 2.22. The summed E-state index contributed by atoms with van der Waals surface area (Å²) in [6.45, 7) is 6.23. The van der Waals surface area contributed by atoms with E-state index >= 15 is 0 Å². The van der Waals surface area contributed by atoms with Crippen molar-refractivity contribution >= 4 is 30.7 Å². The molecule has 18 heavy (non-hydrogen) atoms. The van der Waals surface area contributed by atoms with Crippen LogP contribution in [-0.2, 0) is 0 Å². The SMILES string of the molecule is Cc1cnc(C(=O)N2CCNC(C)C2)cn1.Cl.Cl. The quantitative estimate of drug-likeness (QED) is 0.841. The summed E-state index contributed by atoms with van der Waals surface area (Å²) >= 11 is 0. The van der Waals surface area contributed by atoms with Gasteiger partial charge in [-0.05, 0) is 13.8 Å². The van der Waals surface area contributed by atoms with E-state index in [0.717, 1.165) is 25.3 Å². The number of aryl methyl sites for hydroxylation is 1. The third kappa shape index (κ3) is 4.08. The molecule has 2 rings (SSSR count). The van der Waals surface area contributed by atoms with Gasteiger partial charge in [0.1, 0.15) is 5.69 Å². The van der Waals surface area contributed by atoms with Crippen LogP contribution in [0.5, 0.6) is 0 Å².